The first-order valence-corrected chi connectivity index (χ1v) is 15.4. The number of aliphatic hydroxyl groups is 3. The van der Waals surface area contributed by atoms with Crippen molar-refractivity contribution in [2.75, 3.05) is 33.4 Å². The smallest absolute Gasteiger partial charge is 0.308 e. The first-order valence-electron chi connectivity index (χ1n) is 15.4. The molecule has 0 saturated carbocycles. The number of amides is 2. The van der Waals surface area contributed by atoms with E-state index in [0.717, 1.165) is 19.3 Å². The Labute approximate surface area is 259 Å². The fourth-order valence-electron chi connectivity index (χ4n) is 5.11. The van der Waals surface area contributed by atoms with Crippen molar-refractivity contribution in [2.24, 2.45) is 17.8 Å². The molecule has 0 aromatic carbocycles. The van der Waals surface area contributed by atoms with Crippen LogP contribution in [0.4, 0.5) is 0 Å². The maximum atomic E-state index is 13.2. The second-order valence-corrected chi connectivity index (χ2v) is 11.8. The molecular weight excluding hydrogens is 580 g/mol. The van der Waals surface area contributed by atoms with Crippen molar-refractivity contribution in [1.29, 1.82) is 0 Å². The van der Waals surface area contributed by atoms with E-state index in [4.69, 9.17) is 23.7 Å². The number of hydrogen-bond acceptors (Lipinski definition) is 11. The van der Waals surface area contributed by atoms with Gasteiger partial charge in [-0.2, -0.15) is 0 Å². The van der Waals surface area contributed by atoms with E-state index in [-0.39, 0.29) is 31.5 Å². The number of carboxylic acid groups (broad SMARTS) is 1. The molecule has 2 heterocycles. The maximum Gasteiger partial charge on any atom is 0.308 e. The van der Waals surface area contributed by atoms with Crippen LogP contribution in [0.1, 0.15) is 60.3 Å². The molecule has 2 aliphatic heterocycles. The summed E-state index contributed by atoms with van der Waals surface area (Å²) in [5.41, 5.74) is 0. The zero-order valence-electron chi connectivity index (χ0n) is 26.6. The Bertz CT molecular complexity index is 949. The summed E-state index contributed by atoms with van der Waals surface area (Å²) in [7, 11) is 1.37. The number of carboxylic acids is 1. The zero-order chi connectivity index (χ0) is 33.0. The molecule has 2 fully saturated rings. The molecule has 0 aromatic heterocycles. The summed E-state index contributed by atoms with van der Waals surface area (Å²) in [6, 6.07) is 0. The lowest BCUT2D eigenvalue weighted by molar-refractivity contribution is -0.307. The van der Waals surface area contributed by atoms with Gasteiger partial charge < -0.3 is 54.7 Å². The van der Waals surface area contributed by atoms with Gasteiger partial charge in [0.05, 0.1) is 18.6 Å². The average Bonchev–Trinajstić information content (AvgIpc) is 3.67. The lowest BCUT2D eigenvalue weighted by atomic mass is 9.80. The predicted octanol–water partition coefficient (Wildman–Crippen LogP) is 0.319. The Kier molecular flexibility index (Phi) is 15.6. The average molecular weight is 633 g/mol. The summed E-state index contributed by atoms with van der Waals surface area (Å²) >= 11 is 0. The van der Waals surface area contributed by atoms with Gasteiger partial charge in [-0.15, -0.1) is 0 Å². The minimum absolute atomic E-state index is 0.0472. The van der Waals surface area contributed by atoms with Crippen molar-refractivity contribution in [2.45, 2.75) is 109 Å². The molecule has 254 valence electrons. The number of carbonyl (C=O) groups excluding carboxylic acids is 2. The SMILES string of the molecule is CCCC/C=C/CCOCC(=O)NCCNC(=O)C1OC(OC(C(C)C(=O)O)C(O)C2OC2(C)OC)C(O)C(O)C1C(C)C. The molecule has 0 aromatic rings. The third-order valence-electron chi connectivity index (χ3n) is 8.03. The molecule has 0 radical (unpaired) electrons. The van der Waals surface area contributed by atoms with Gasteiger partial charge in [-0.25, -0.2) is 0 Å². The molecule has 10 atom stereocenters. The van der Waals surface area contributed by atoms with Crippen LogP contribution in [0.15, 0.2) is 12.2 Å². The first-order chi connectivity index (χ1) is 20.8. The number of allylic oxidation sites excluding steroid dienone is 1. The maximum absolute atomic E-state index is 13.2. The van der Waals surface area contributed by atoms with Gasteiger partial charge in [0.2, 0.25) is 11.8 Å². The van der Waals surface area contributed by atoms with Gasteiger partial charge in [0.1, 0.15) is 37.1 Å². The Morgan fingerprint density at radius 3 is 2.30 bits per heavy atom. The van der Waals surface area contributed by atoms with Gasteiger partial charge in [-0.1, -0.05) is 45.8 Å². The highest BCUT2D eigenvalue weighted by Crippen LogP contribution is 2.42. The summed E-state index contributed by atoms with van der Waals surface area (Å²) < 4.78 is 27.6. The number of carbonyl (C=O) groups is 3. The van der Waals surface area contributed by atoms with E-state index in [0.29, 0.717) is 13.0 Å². The first kappa shape index (κ1) is 38.0. The monoisotopic (exact) mass is 632 g/mol. The van der Waals surface area contributed by atoms with Crippen LogP contribution in [-0.2, 0) is 38.1 Å². The van der Waals surface area contributed by atoms with Crippen molar-refractivity contribution >= 4 is 17.8 Å². The number of methoxy groups -OCH3 is 1. The van der Waals surface area contributed by atoms with Gasteiger partial charge in [0, 0.05) is 26.1 Å². The lowest BCUT2D eigenvalue weighted by Crippen LogP contribution is -2.62. The molecule has 6 N–H and O–H groups in total. The largest absolute Gasteiger partial charge is 0.481 e. The van der Waals surface area contributed by atoms with Crippen molar-refractivity contribution in [1.82, 2.24) is 10.6 Å². The van der Waals surface area contributed by atoms with Gasteiger partial charge in [0.25, 0.3) is 0 Å². The summed E-state index contributed by atoms with van der Waals surface area (Å²) in [4.78, 5) is 37.1. The minimum atomic E-state index is -1.65. The number of rotatable bonds is 20. The molecule has 2 aliphatic rings. The van der Waals surface area contributed by atoms with Crippen LogP contribution < -0.4 is 10.6 Å². The van der Waals surface area contributed by atoms with Gasteiger partial charge in [0.15, 0.2) is 12.1 Å². The Morgan fingerprint density at radius 1 is 1.05 bits per heavy atom. The summed E-state index contributed by atoms with van der Waals surface area (Å²) in [5.74, 6) is -5.83. The number of epoxide rings is 1. The Balaban J connectivity index is 1.95. The predicted molar refractivity (Wildman–Crippen MR) is 157 cm³/mol. The molecule has 2 amide bonds. The zero-order valence-corrected chi connectivity index (χ0v) is 26.6. The van der Waals surface area contributed by atoms with E-state index in [1.807, 2.05) is 6.08 Å². The molecule has 0 aliphatic carbocycles. The van der Waals surface area contributed by atoms with Crippen LogP contribution in [0.3, 0.4) is 0 Å². The van der Waals surface area contributed by atoms with Crippen LogP contribution in [0, 0.1) is 17.8 Å². The van der Waals surface area contributed by atoms with Crippen LogP contribution in [0.25, 0.3) is 0 Å². The summed E-state index contributed by atoms with van der Waals surface area (Å²) in [6.45, 7) is 8.97. The fourth-order valence-corrected chi connectivity index (χ4v) is 5.11. The molecule has 2 rings (SSSR count). The molecule has 14 nitrogen and oxygen atoms in total. The van der Waals surface area contributed by atoms with Gasteiger partial charge in [-0.3, -0.25) is 14.4 Å². The third-order valence-corrected chi connectivity index (χ3v) is 8.03. The number of aliphatic carboxylic acids is 1. The standard InChI is InChI=1S/C30H52N2O12/c1-7-8-9-10-11-12-15-41-16-19(33)31-13-14-32-27(37)25-20(17(2)3)21(34)22(35)29(43-25)42-24(18(4)28(38)39)23(36)26-30(5,40-6)44-26/h10-11,17-18,20-26,29,34-36H,7-9,12-16H2,1-6H3,(H,31,33)(H,32,37)(H,38,39)/b11-10+. The molecule has 10 unspecified atom stereocenters. The van der Waals surface area contributed by atoms with E-state index < -0.39 is 72.4 Å². The Hall–Kier alpha value is -2.17. The topological polar surface area (TPSA) is 206 Å². The highest BCUT2D eigenvalue weighted by atomic mass is 16.8. The van der Waals surface area contributed by atoms with E-state index in [2.05, 4.69) is 23.6 Å². The number of aliphatic hydroxyl groups excluding tert-OH is 3. The van der Waals surface area contributed by atoms with Crippen LogP contribution in [-0.4, -0.2) is 120 Å². The van der Waals surface area contributed by atoms with E-state index in [1.54, 1.807) is 20.8 Å². The molecule has 0 bridgehead atoms. The van der Waals surface area contributed by atoms with E-state index in [9.17, 15) is 34.8 Å². The molecule has 2 saturated heterocycles. The quantitative estimate of drug-likeness (QED) is 0.0610. The number of hydrogen-bond donors (Lipinski definition) is 6. The highest BCUT2D eigenvalue weighted by molar-refractivity contribution is 5.81. The lowest BCUT2D eigenvalue weighted by Gasteiger charge is -2.45. The third kappa shape index (κ3) is 10.7. The number of ether oxygens (including phenoxy) is 5. The fraction of sp³-hybridized carbons (Fsp3) is 0.833. The van der Waals surface area contributed by atoms with Crippen molar-refractivity contribution < 1.29 is 58.5 Å². The van der Waals surface area contributed by atoms with Crippen LogP contribution in [0.2, 0.25) is 0 Å². The minimum Gasteiger partial charge on any atom is -0.481 e. The van der Waals surface area contributed by atoms with E-state index in [1.165, 1.54) is 14.0 Å². The highest BCUT2D eigenvalue weighted by Gasteiger charge is 2.61. The van der Waals surface area contributed by atoms with Crippen molar-refractivity contribution in [3.63, 3.8) is 0 Å². The van der Waals surface area contributed by atoms with Crippen LogP contribution in [0.5, 0.6) is 0 Å². The molecule has 44 heavy (non-hydrogen) atoms. The van der Waals surface area contributed by atoms with Crippen LogP contribution >= 0.6 is 0 Å². The molecule has 0 spiro atoms. The van der Waals surface area contributed by atoms with Crippen molar-refractivity contribution in [3.8, 4) is 0 Å². The second-order valence-electron chi connectivity index (χ2n) is 11.8. The molecule has 14 heteroatoms. The normalized spacial score (nSPS) is 30.6. The second kappa shape index (κ2) is 18.1. The Morgan fingerprint density at radius 2 is 1.70 bits per heavy atom. The summed E-state index contributed by atoms with van der Waals surface area (Å²) in [6.07, 6.45) is -1.78. The number of nitrogens with one attached hydrogen (secondary N) is 2. The number of unbranched alkanes of at least 4 members (excludes halogenated alkanes) is 2. The van der Waals surface area contributed by atoms with Gasteiger partial charge in [-0.05, 0) is 32.6 Å². The molecular formula is C30H52N2O12. The van der Waals surface area contributed by atoms with E-state index >= 15 is 0 Å². The summed E-state index contributed by atoms with van der Waals surface area (Å²) in [5, 5.41) is 47.7. The van der Waals surface area contributed by atoms with Gasteiger partial charge >= 0.3 is 5.97 Å². The van der Waals surface area contributed by atoms with Crippen molar-refractivity contribution in [3.05, 3.63) is 12.2 Å².